The lowest BCUT2D eigenvalue weighted by Crippen LogP contribution is -2.58. The molecule has 0 amide bonds. The third-order valence-corrected chi connectivity index (χ3v) is 8.05. The van der Waals surface area contributed by atoms with Gasteiger partial charge in [-0.2, -0.15) is 17.0 Å². The highest BCUT2D eigenvalue weighted by atomic mass is 32.2. The Hall–Kier alpha value is -0.220. The summed E-state index contributed by atoms with van der Waals surface area (Å²) in [7, 11) is -6.75. The minimum atomic E-state index is -3.62. The summed E-state index contributed by atoms with van der Waals surface area (Å²) < 4.78 is 51.4. The van der Waals surface area contributed by atoms with Gasteiger partial charge >= 0.3 is 0 Å². The Kier molecular flexibility index (Phi) is 4.75. The second-order valence-corrected chi connectivity index (χ2v) is 9.64. The normalized spacial score (nSPS) is 33.1. The number of hydrogen-bond donors (Lipinski definition) is 1. The average molecular weight is 325 g/mol. The van der Waals surface area contributed by atoms with E-state index in [1.54, 1.807) is 6.92 Å². The molecular weight excluding hydrogens is 302 g/mol. The monoisotopic (exact) mass is 325 g/mol. The first-order chi connectivity index (χ1) is 9.28. The van der Waals surface area contributed by atoms with Gasteiger partial charge in [-0.05, 0) is 19.8 Å². The molecule has 0 spiro atoms. The molecule has 2 unspecified atom stereocenters. The van der Waals surface area contributed by atoms with Crippen LogP contribution in [0.1, 0.15) is 26.2 Å². The molecule has 2 aliphatic rings. The SMILES string of the molecule is CC1CS(=O)(=O)CCN1S(=O)(=O)N1CCCCC1CN. The lowest BCUT2D eigenvalue weighted by atomic mass is 10.1. The molecule has 2 heterocycles. The summed E-state index contributed by atoms with van der Waals surface area (Å²) in [5.74, 6) is -0.203. The zero-order valence-corrected chi connectivity index (χ0v) is 13.4. The number of rotatable bonds is 3. The maximum atomic E-state index is 12.7. The third kappa shape index (κ3) is 3.16. The molecule has 2 saturated heterocycles. The highest BCUT2D eigenvalue weighted by Crippen LogP contribution is 2.25. The molecule has 0 aromatic heterocycles. The van der Waals surface area contributed by atoms with Crippen molar-refractivity contribution in [2.75, 3.05) is 31.1 Å². The van der Waals surface area contributed by atoms with E-state index in [-0.39, 0.29) is 24.1 Å². The second kappa shape index (κ2) is 5.88. The van der Waals surface area contributed by atoms with Crippen LogP contribution in [0.3, 0.4) is 0 Å². The van der Waals surface area contributed by atoms with Crippen LogP contribution in [0.15, 0.2) is 0 Å². The first-order valence-corrected chi connectivity index (χ1v) is 10.2. The quantitative estimate of drug-likeness (QED) is 0.729. The van der Waals surface area contributed by atoms with E-state index in [2.05, 4.69) is 0 Å². The van der Waals surface area contributed by atoms with Gasteiger partial charge in [0.1, 0.15) is 0 Å². The number of piperidine rings is 1. The summed E-state index contributed by atoms with van der Waals surface area (Å²) in [6.45, 7) is 2.47. The molecule has 2 fully saturated rings. The Bertz CT molecular complexity index is 546. The van der Waals surface area contributed by atoms with E-state index in [1.807, 2.05) is 0 Å². The van der Waals surface area contributed by atoms with Crippen molar-refractivity contribution in [2.24, 2.45) is 5.73 Å². The van der Waals surface area contributed by atoms with Crippen molar-refractivity contribution in [1.82, 2.24) is 8.61 Å². The van der Waals surface area contributed by atoms with Crippen LogP contribution in [-0.4, -0.2) is 68.7 Å². The Balaban J connectivity index is 2.21. The molecule has 2 aliphatic heterocycles. The molecule has 0 saturated carbocycles. The molecule has 2 atom stereocenters. The zero-order valence-electron chi connectivity index (χ0n) is 11.7. The number of sulfone groups is 1. The standard InChI is InChI=1S/C11H23N3O4S2/c1-10-9-19(15,16)7-6-13(10)20(17,18)14-5-3-2-4-11(14)8-12/h10-11H,2-9,12H2,1H3. The molecule has 118 valence electrons. The average Bonchev–Trinajstić information content (AvgIpc) is 2.37. The van der Waals surface area contributed by atoms with Gasteiger partial charge in [-0.3, -0.25) is 0 Å². The second-order valence-electron chi connectivity index (χ2n) is 5.58. The predicted molar refractivity (Wildman–Crippen MR) is 77.1 cm³/mol. The Morgan fingerprint density at radius 1 is 1.20 bits per heavy atom. The first-order valence-electron chi connectivity index (χ1n) is 6.97. The van der Waals surface area contributed by atoms with E-state index in [1.165, 1.54) is 8.61 Å². The van der Waals surface area contributed by atoms with Crippen molar-refractivity contribution in [3.8, 4) is 0 Å². The highest BCUT2D eigenvalue weighted by molar-refractivity contribution is 7.91. The summed E-state index contributed by atoms with van der Waals surface area (Å²) in [5.41, 5.74) is 5.68. The molecule has 0 radical (unpaired) electrons. The summed E-state index contributed by atoms with van der Waals surface area (Å²) >= 11 is 0. The van der Waals surface area contributed by atoms with E-state index in [0.29, 0.717) is 13.1 Å². The number of nitrogens with zero attached hydrogens (tertiary/aromatic N) is 2. The maximum Gasteiger partial charge on any atom is 0.282 e. The van der Waals surface area contributed by atoms with Gasteiger partial charge in [0.25, 0.3) is 10.2 Å². The Labute approximate surface area is 121 Å². The van der Waals surface area contributed by atoms with Crippen molar-refractivity contribution in [2.45, 2.75) is 38.3 Å². The molecular formula is C11H23N3O4S2. The summed E-state index contributed by atoms with van der Waals surface area (Å²) in [5, 5.41) is 0. The topological polar surface area (TPSA) is 101 Å². The van der Waals surface area contributed by atoms with E-state index in [4.69, 9.17) is 5.73 Å². The van der Waals surface area contributed by atoms with Gasteiger partial charge in [0.05, 0.1) is 11.5 Å². The number of nitrogens with two attached hydrogens (primary N) is 1. The van der Waals surface area contributed by atoms with Crippen molar-refractivity contribution in [1.29, 1.82) is 0 Å². The minimum absolute atomic E-state index is 0.0413. The van der Waals surface area contributed by atoms with E-state index >= 15 is 0 Å². The smallest absolute Gasteiger partial charge is 0.282 e. The van der Waals surface area contributed by atoms with Gasteiger partial charge < -0.3 is 5.73 Å². The van der Waals surface area contributed by atoms with Gasteiger partial charge in [0.15, 0.2) is 9.84 Å². The van der Waals surface area contributed by atoms with Crippen LogP contribution < -0.4 is 5.73 Å². The van der Waals surface area contributed by atoms with Crippen molar-refractivity contribution in [3.05, 3.63) is 0 Å². The van der Waals surface area contributed by atoms with Gasteiger partial charge in [0, 0.05) is 31.7 Å². The summed E-state index contributed by atoms with van der Waals surface area (Å²) in [6, 6.07) is -0.682. The highest BCUT2D eigenvalue weighted by Gasteiger charge is 2.41. The van der Waals surface area contributed by atoms with Crippen LogP contribution in [0.5, 0.6) is 0 Å². The zero-order chi connectivity index (χ0) is 15.0. The van der Waals surface area contributed by atoms with Crippen LogP contribution in [0.4, 0.5) is 0 Å². The largest absolute Gasteiger partial charge is 0.329 e. The summed E-state index contributed by atoms with van der Waals surface area (Å²) in [6.07, 6.45) is 2.59. The molecule has 2 N–H and O–H groups in total. The fourth-order valence-corrected chi connectivity index (χ4v) is 6.79. The van der Waals surface area contributed by atoms with Crippen LogP contribution >= 0.6 is 0 Å². The van der Waals surface area contributed by atoms with E-state index < -0.39 is 26.1 Å². The van der Waals surface area contributed by atoms with Gasteiger partial charge in [0.2, 0.25) is 0 Å². The number of hydrogen-bond acceptors (Lipinski definition) is 5. The van der Waals surface area contributed by atoms with Gasteiger partial charge in [-0.15, -0.1) is 0 Å². The lowest BCUT2D eigenvalue weighted by molar-refractivity contribution is 0.227. The molecule has 0 bridgehead atoms. The van der Waals surface area contributed by atoms with E-state index in [9.17, 15) is 16.8 Å². The molecule has 0 aliphatic carbocycles. The molecule has 0 aromatic carbocycles. The van der Waals surface area contributed by atoms with Crippen molar-refractivity contribution < 1.29 is 16.8 Å². The van der Waals surface area contributed by atoms with E-state index in [0.717, 1.165) is 19.3 Å². The van der Waals surface area contributed by atoms with Gasteiger partial charge in [-0.1, -0.05) is 6.42 Å². The minimum Gasteiger partial charge on any atom is -0.329 e. The lowest BCUT2D eigenvalue weighted by Gasteiger charge is -2.40. The molecule has 7 nitrogen and oxygen atoms in total. The molecule has 20 heavy (non-hydrogen) atoms. The Morgan fingerprint density at radius 3 is 2.50 bits per heavy atom. The van der Waals surface area contributed by atoms with Crippen LogP contribution in [0, 0.1) is 0 Å². The molecule has 2 rings (SSSR count). The summed E-state index contributed by atoms with van der Waals surface area (Å²) in [4.78, 5) is 0. The fourth-order valence-electron chi connectivity index (χ4n) is 2.97. The molecule has 9 heteroatoms. The maximum absolute atomic E-state index is 12.7. The Morgan fingerprint density at radius 2 is 1.90 bits per heavy atom. The molecule has 0 aromatic rings. The first kappa shape index (κ1) is 16.2. The van der Waals surface area contributed by atoms with Crippen LogP contribution in [0.2, 0.25) is 0 Å². The van der Waals surface area contributed by atoms with Crippen LogP contribution in [-0.2, 0) is 20.0 Å². The van der Waals surface area contributed by atoms with Crippen molar-refractivity contribution in [3.63, 3.8) is 0 Å². The van der Waals surface area contributed by atoms with Crippen molar-refractivity contribution >= 4 is 20.0 Å². The third-order valence-electron chi connectivity index (χ3n) is 4.05. The van der Waals surface area contributed by atoms with Gasteiger partial charge in [-0.25, -0.2) is 8.42 Å². The van der Waals surface area contributed by atoms with Crippen LogP contribution in [0.25, 0.3) is 0 Å². The fraction of sp³-hybridized carbons (Fsp3) is 1.00. The predicted octanol–water partition coefficient (Wildman–Crippen LogP) is -0.837.